The third-order valence-electron chi connectivity index (χ3n) is 3.74. The standard InChI is InChI=1S/C14H26N5O6P/c1-3-24-26(22,25-4-2)6-5-10(7-20)8-23-19-9-16-11-12(19)17-14(15)18-13(11)21/h10,16,20H,3-9H2,1-2H3,(H3,15,17,18,21). The zero-order valence-corrected chi connectivity index (χ0v) is 15.8. The number of anilines is 3. The lowest BCUT2D eigenvalue weighted by atomic mass is 10.1. The lowest BCUT2D eigenvalue weighted by Gasteiger charge is -2.22. The van der Waals surface area contributed by atoms with Crippen molar-refractivity contribution >= 4 is 25.0 Å². The highest BCUT2D eigenvalue weighted by molar-refractivity contribution is 7.53. The second-order valence-electron chi connectivity index (χ2n) is 5.67. The zero-order chi connectivity index (χ0) is 19.2. The molecule has 12 heteroatoms. The maximum absolute atomic E-state index is 12.5. The van der Waals surface area contributed by atoms with Crippen molar-refractivity contribution in [3.8, 4) is 0 Å². The van der Waals surface area contributed by atoms with Crippen molar-refractivity contribution in [2.75, 3.05) is 55.4 Å². The Hall–Kier alpha value is -1.65. The van der Waals surface area contributed by atoms with Crippen molar-refractivity contribution in [2.24, 2.45) is 5.92 Å². The summed E-state index contributed by atoms with van der Waals surface area (Å²) < 4.78 is 23.0. The molecule has 148 valence electrons. The Morgan fingerprint density at radius 3 is 2.69 bits per heavy atom. The van der Waals surface area contributed by atoms with Gasteiger partial charge in [0.25, 0.3) is 5.56 Å². The van der Waals surface area contributed by atoms with Crippen LogP contribution in [0.4, 0.5) is 17.5 Å². The van der Waals surface area contributed by atoms with E-state index in [1.807, 2.05) is 0 Å². The summed E-state index contributed by atoms with van der Waals surface area (Å²) in [6.07, 6.45) is 0.579. The minimum atomic E-state index is -3.17. The minimum absolute atomic E-state index is 0.0147. The summed E-state index contributed by atoms with van der Waals surface area (Å²) in [4.78, 5) is 23.9. The molecule has 5 N–H and O–H groups in total. The van der Waals surface area contributed by atoms with Crippen LogP contribution in [-0.4, -0.2) is 54.3 Å². The molecule has 1 aliphatic heterocycles. The van der Waals surface area contributed by atoms with E-state index in [0.29, 0.717) is 6.42 Å². The van der Waals surface area contributed by atoms with Crippen molar-refractivity contribution < 1.29 is 23.6 Å². The highest BCUT2D eigenvalue weighted by Gasteiger charge is 2.28. The van der Waals surface area contributed by atoms with Crippen LogP contribution in [0.3, 0.4) is 0 Å². The van der Waals surface area contributed by atoms with Crippen molar-refractivity contribution in [3.05, 3.63) is 10.4 Å². The molecule has 1 aliphatic rings. The van der Waals surface area contributed by atoms with E-state index in [-0.39, 0.29) is 68.2 Å². The lowest BCUT2D eigenvalue weighted by Crippen LogP contribution is -2.28. The summed E-state index contributed by atoms with van der Waals surface area (Å²) in [6.45, 7) is 4.28. The van der Waals surface area contributed by atoms with Crippen molar-refractivity contribution in [2.45, 2.75) is 20.3 Å². The van der Waals surface area contributed by atoms with Crippen LogP contribution in [0, 0.1) is 5.92 Å². The Morgan fingerprint density at radius 2 is 2.08 bits per heavy atom. The van der Waals surface area contributed by atoms with E-state index in [1.165, 1.54) is 5.06 Å². The topological polar surface area (TPSA) is 152 Å². The number of H-pyrrole nitrogens is 1. The molecule has 11 nitrogen and oxygen atoms in total. The second kappa shape index (κ2) is 9.33. The molecule has 2 rings (SSSR count). The minimum Gasteiger partial charge on any atom is -0.396 e. The van der Waals surface area contributed by atoms with Crippen LogP contribution in [0.1, 0.15) is 20.3 Å². The summed E-state index contributed by atoms with van der Waals surface area (Å²) in [6, 6.07) is 0. The third kappa shape index (κ3) is 5.18. The van der Waals surface area contributed by atoms with Gasteiger partial charge in [-0.3, -0.25) is 19.2 Å². The number of nitrogens with zero attached hydrogens (tertiary/aromatic N) is 2. The molecule has 0 spiro atoms. The number of aromatic nitrogens is 2. The smallest absolute Gasteiger partial charge is 0.330 e. The molecule has 0 amide bonds. The number of hydrogen-bond acceptors (Lipinski definition) is 10. The number of hydroxylamine groups is 1. The highest BCUT2D eigenvalue weighted by atomic mass is 31.2. The fourth-order valence-electron chi connectivity index (χ4n) is 2.47. The van der Waals surface area contributed by atoms with Crippen LogP contribution < -0.4 is 21.7 Å². The fraction of sp³-hybridized carbons (Fsp3) is 0.714. The van der Waals surface area contributed by atoms with Crippen LogP contribution in [0.15, 0.2) is 4.79 Å². The number of aromatic amines is 1. The fourth-order valence-corrected chi connectivity index (χ4v) is 4.27. The van der Waals surface area contributed by atoms with Gasteiger partial charge in [-0.25, -0.2) is 5.06 Å². The molecule has 26 heavy (non-hydrogen) atoms. The second-order valence-corrected chi connectivity index (χ2v) is 7.85. The molecule has 1 aromatic rings. The van der Waals surface area contributed by atoms with Crippen molar-refractivity contribution in [1.82, 2.24) is 9.97 Å². The predicted molar refractivity (Wildman–Crippen MR) is 97.1 cm³/mol. The Kier molecular flexibility index (Phi) is 7.42. The van der Waals surface area contributed by atoms with Crippen molar-refractivity contribution in [3.63, 3.8) is 0 Å². The maximum Gasteiger partial charge on any atom is 0.330 e. The molecule has 0 aromatic carbocycles. The quantitative estimate of drug-likeness (QED) is 0.397. The number of hydrogen-bond donors (Lipinski definition) is 4. The van der Waals surface area contributed by atoms with Crippen LogP contribution in [0.25, 0.3) is 0 Å². The number of rotatable bonds is 11. The lowest BCUT2D eigenvalue weighted by molar-refractivity contribution is 0.0572. The summed E-state index contributed by atoms with van der Waals surface area (Å²) in [5.74, 6) is -0.0102. The monoisotopic (exact) mass is 391 g/mol. The van der Waals surface area contributed by atoms with E-state index in [1.54, 1.807) is 13.8 Å². The van der Waals surface area contributed by atoms with Crippen LogP contribution in [0.5, 0.6) is 0 Å². The maximum atomic E-state index is 12.5. The Morgan fingerprint density at radius 1 is 1.38 bits per heavy atom. The van der Waals surface area contributed by atoms with E-state index in [4.69, 9.17) is 19.6 Å². The summed E-state index contributed by atoms with van der Waals surface area (Å²) in [5, 5.41) is 13.8. The van der Waals surface area contributed by atoms with Crippen LogP contribution in [-0.2, 0) is 18.5 Å². The van der Waals surface area contributed by atoms with Gasteiger partial charge in [0.05, 0.1) is 26.0 Å². The number of aliphatic hydroxyl groups excluding tert-OH is 1. The first-order chi connectivity index (χ1) is 12.4. The van der Waals surface area contributed by atoms with Gasteiger partial charge in [-0.2, -0.15) is 4.98 Å². The van der Waals surface area contributed by atoms with Crippen LogP contribution in [0.2, 0.25) is 0 Å². The Bertz CT molecular complexity index is 689. The third-order valence-corrected chi connectivity index (χ3v) is 5.85. The number of nitrogens with two attached hydrogens (primary N) is 1. The SMILES string of the molecule is CCOP(=O)(CCC(CO)CON1CNc2c1nc(N)[nH]c2=O)OCC. The zero-order valence-electron chi connectivity index (χ0n) is 14.9. The predicted octanol–water partition coefficient (Wildman–Crippen LogP) is 0.738. The van der Waals surface area contributed by atoms with E-state index in [9.17, 15) is 14.5 Å². The number of fused-ring (bicyclic) bond motifs is 1. The molecule has 0 saturated carbocycles. The molecule has 0 fully saturated rings. The van der Waals surface area contributed by atoms with Gasteiger partial charge in [0.1, 0.15) is 12.4 Å². The first kappa shape index (κ1) is 20.7. The number of aliphatic hydroxyl groups is 1. The molecule has 0 aliphatic carbocycles. The van der Waals surface area contributed by atoms with Gasteiger partial charge in [0.2, 0.25) is 5.95 Å². The van der Waals surface area contributed by atoms with E-state index < -0.39 is 7.60 Å². The first-order valence-corrected chi connectivity index (χ1v) is 10.2. The largest absolute Gasteiger partial charge is 0.396 e. The van der Waals surface area contributed by atoms with E-state index >= 15 is 0 Å². The summed E-state index contributed by atoms with van der Waals surface area (Å²) in [5.41, 5.74) is 5.45. The van der Waals surface area contributed by atoms with Crippen molar-refractivity contribution in [1.29, 1.82) is 0 Å². The summed E-state index contributed by atoms with van der Waals surface area (Å²) in [7, 11) is -3.17. The summed E-state index contributed by atoms with van der Waals surface area (Å²) >= 11 is 0. The van der Waals surface area contributed by atoms with E-state index in [0.717, 1.165) is 0 Å². The Labute approximate surface area is 151 Å². The van der Waals surface area contributed by atoms with Gasteiger partial charge in [0.15, 0.2) is 5.82 Å². The van der Waals surface area contributed by atoms with Gasteiger partial charge in [-0.1, -0.05) is 0 Å². The molecule has 0 saturated heterocycles. The van der Waals surface area contributed by atoms with Gasteiger partial charge < -0.3 is 25.2 Å². The molecule has 1 aromatic heterocycles. The number of nitrogens with one attached hydrogen (secondary N) is 2. The first-order valence-electron chi connectivity index (χ1n) is 8.45. The van der Waals surface area contributed by atoms with Gasteiger partial charge in [0, 0.05) is 12.5 Å². The highest BCUT2D eigenvalue weighted by Crippen LogP contribution is 2.49. The molecular weight excluding hydrogens is 365 g/mol. The normalized spacial score (nSPS) is 15.0. The van der Waals surface area contributed by atoms with Gasteiger partial charge >= 0.3 is 7.60 Å². The molecule has 1 atom stereocenters. The molecule has 0 bridgehead atoms. The van der Waals surface area contributed by atoms with Gasteiger partial charge in [-0.05, 0) is 20.3 Å². The average molecular weight is 391 g/mol. The molecular formula is C14H26N5O6P. The Balaban J connectivity index is 1.92. The van der Waals surface area contributed by atoms with Gasteiger partial charge in [-0.15, -0.1) is 0 Å². The molecule has 0 radical (unpaired) electrons. The molecule has 1 unspecified atom stereocenters. The van der Waals surface area contributed by atoms with Crippen LogP contribution >= 0.6 is 7.60 Å². The average Bonchev–Trinajstić information content (AvgIpc) is 2.99. The molecule has 2 heterocycles. The van der Waals surface area contributed by atoms with E-state index in [2.05, 4.69) is 15.3 Å². The number of nitrogen functional groups attached to an aromatic ring is 1.